The maximum Gasteiger partial charge on any atom is 0.326 e. The molecule has 1 atom stereocenters. The molecule has 1 aromatic carbocycles. The smallest absolute Gasteiger partial charge is 0.326 e. The topological polar surface area (TPSA) is 97.4 Å². The molecule has 0 spiro atoms. The van der Waals surface area contributed by atoms with E-state index in [-0.39, 0.29) is 5.69 Å². The van der Waals surface area contributed by atoms with E-state index in [1.165, 1.54) is 25.3 Å². The van der Waals surface area contributed by atoms with Crippen molar-refractivity contribution in [3.05, 3.63) is 59.4 Å². The van der Waals surface area contributed by atoms with Gasteiger partial charge in [0.2, 0.25) is 0 Å². The molecule has 0 fully saturated rings. The van der Waals surface area contributed by atoms with Crippen LogP contribution in [0, 0.1) is 0 Å². The molecule has 0 aliphatic carbocycles. The number of nitrogens with one attached hydrogen (secondary N) is 2. The van der Waals surface area contributed by atoms with Crippen LogP contribution < -0.4 is 10.6 Å². The van der Waals surface area contributed by atoms with Gasteiger partial charge in [0.05, 0.1) is 0 Å². The van der Waals surface area contributed by atoms with Crippen molar-refractivity contribution in [1.82, 2.24) is 10.3 Å². The first-order valence-corrected chi connectivity index (χ1v) is 7.78. The third-order valence-corrected chi connectivity index (χ3v) is 3.30. The van der Waals surface area contributed by atoms with Crippen LogP contribution >= 0.6 is 11.6 Å². The van der Waals surface area contributed by atoms with Crippen molar-refractivity contribution in [2.45, 2.75) is 13.0 Å². The maximum absolute atomic E-state index is 11.9. The van der Waals surface area contributed by atoms with Gasteiger partial charge in [0.25, 0.3) is 11.8 Å². The number of benzene rings is 1. The summed E-state index contributed by atoms with van der Waals surface area (Å²) in [6, 6.07) is 11.7. The van der Waals surface area contributed by atoms with Gasteiger partial charge in [-0.05, 0) is 31.2 Å². The minimum atomic E-state index is -1.01. The number of halogens is 1. The summed E-state index contributed by atoms with van der Waals surface area (Å²) in [5, 5.41) is 5.32. The Hall–Kier alpha value is -2.93. The summed E-state index contributed by atoms with van der Waals surface area (Å²) in [6.07, 6.45) is 0.375. The molecule has 0 saturated heterocycles. The lowest BCUT2D eigenvalue weighted by molar-refractivity contribution is -0.152. The number of pyridine rings is 1. The number of carbonyl (C=O) groups is 3. The number of rotatable bonds is 6. The fourth-order valence-corrected chi connectivity index (χ4v) is 1.99. The second kappa shape index (κ2) is 8.79. The van der Waals surface area contributed by atoms with Crippen molar-refractivity contribution in [2.24, 2.45) is 0 Å². The Balaban J connectivity index is 1.79. The summed E-state index contributed by atoms with van der Waals surface area (Å²) < 4.78 is 4.98. The lowest BCUT2D eigenvalue weighted by Gasteiger charge is -2.13. The zero-order valence-electron chi connectivity index (χ0n) is 13.4. The number of anilines is 1. The molecule has 0 saturated carbocycles. The quantitative estimate of drug-likeness (QED) is 0.767. The molecule has 0 bridgehead atoms. The number of para-hydroxylation sites is 1. The van der Waals surface area contributed by atoms with E-state index >= 15 is 0 Å². The molecule has 1 aromatic heterocycles. The number of aromatic nitrogens is 1. The minimum Gasteiger partial charge on any atom is -0.451 e. The molecule has 0 radical (unpaired) electrons. The summed E-state index contributed by atoms with van der Waals surface area (Å²) in [5.74, 6) is -1.78. The third kappa shape index (κ3) is 5.89. The summed E-state index contributed by atoms with van der Waals surface area (Å²) in [7, 11) is 0. The molecule has 1 heterocycles. The fourth-order valence-electron chi connectivity index (χ4n) is 1.83. The number of esters is 1. The molecule has 2 amide bonds. The van der Waals surface area contributed by atoms with Gasteiger partial charge in [0.15, 0.2) is 6.10 Å². The first-order valence-electron chi connectivity index (χ1n) is 7.41. The maximum atomic E-state index is 11.9. The Morgan fingerprint density at radius 1 is 1.20 bits per heavy atom. The van der Waals surface area contributed by atoms with Crippen molar-refractivity contribution in [3.8, 4) is 0 Å². The number of hydrogen-bond acceptors (Lipinski definition) is 5. The molecule has 0 aliphatic rings. The van der Waals surface area contributed by atoms with Crippen molar-refractivity contribution in [3.63, 3.8) is 0 Å². The number of amides is 2. The number of nitrogens with zero attached hydrogens (tertiary/aromatic N) is 1. The van der Waals surface area contributed by atoms with Gasteiger partial charge in [-0.15, -0.1) is 0 Å². The normalized spacial score (nSPS) is 11.3. The van der Waals surface area contributed by atoms with Gasteiger partial charge < -0.3 is 15.4 Å². The Morgan fingerprint density at radius 2 is 1.92 bits per heavy atom. The van der Waals surface area contributed by atoms with Crippen LogP contribution in [0.3, 0.4) is 0 Å². The van der Waals surface area contributed by atoms with Gasteiger partial charge in [-0.2, -0.15) is 0 Å². The highest BCUT2D eigenvalue weighted by Crippen LogP contribution is 2.08. The zero-order chi connectivity index (χ0) is 18.2. The predicted molar refractivity (Wildman–Crippen MR) is 92.2 cm³/mol. The third-order valence-electron chi connectivity index (χ3n) is 3.07. The van der Waals surface area contributed by atoms with Crippen LogP contribution in [0.25, 0.3) is 0 Å². The largest absolute Gasteiger partial charge is 0.451 e. The van der Waals surface area contributed by atoms with Gasteiger partial charge >= 0.3 is 5.97 Å². The highest BCUT2D eigenvalue weighted by Gasteiger charge is 2.18. The molecule has 0 aliphatic heterocycles. The van der Waals surface area contributed by atoms with Crippen molar-refractivity contribution in [2.75, 3.05) is 11.9 Å². The van der Waals surface area contributed by atoms with Crippen LogP contribution in [0.15, 0.2) is 48.7 Å². The average molecular weight is 362 g/mol. The van der Waals surface area contributed by atoms with Crippen LogP contribution in [-0.2, 0) is 14.3 Å². The van der Waals surface area contributed by atoms with E-state index in [0.29, 0.717) is 10.7 Å². The van der Waals surface area contributed by atoms with Crippen molar-refractivity contribution >= 4 is 35.1 Å². The predicted octanol–water partition coefficient (Wildman–Crippen LogP) is 2.04. The Kier molecular flexibility index (Phi) is 6.47. The van der Waals surface area contributed by atoms with Crippen LogP contribution in [-0.4, -0.2) is 35.4 Å². The van der Waals surface area contributed by atoms with Crippen LogP contribution in [0.4, 0.5) is 5.69 Å². The molecule has 8 heteroatoms. The molecule has 2 aromatic rings. The Labute approximate surface area is 149 Å². The van der Waals surface area contributed by atoms with Gasteiger partial charge in [0.1, 0.15) is 12.2 Å². The van der Waals surface area contributed by atoms with Gasteiger partial charge in [-0.25, -0.2) is 0 Å². The number of carbonyl (C=O) groups excluding carboxylic acids is 3. The number of hydrogen-bond donors (Lipinski definition) is 2. The average Bonchev–Trinajstić information content (AvgIpc) is 2.60. The molecule has 7 nitrogen and oxygen atoms in total. The summed E-state index contributed by atoms with van der Waals surface area (Å²) in [5.41, 5.74) is 0.672. The van der Waals surface area contributed by atoms with E-state index in [1.807, 2.05) is 6.07 Å². The highest BCUT2D eigenvalue weighted by atomic mass is 35.5. The highest BCUT2D eigenvalue weighted by molar-refractivity contribution is 6.30. The van der Waals surface area contributed by atoms with Gasteiger partial charge in [0, 0.05) is 16.9 Å². The lowest BCUT2D eigenvalue weighted by atomic mass is 10.3. The zero-order valence-corrected chi connectivity index (χ0v) is 14.1. The molecule has 2 rings (SSSR count). The fraction of sp³-hybridized carbons (Fsp3) is 0.176. The lowest BCUT2D eigenvalue weighted by Crippen LogP contribution is -2.36. The van der Waals surface area contributed by atoms with Gasteiger partial charge in [-0.3, -0.25) is 19.4 Å². The molecular weight excluding hydrogens is 346 g/mol. The first kappa shape index (κ1) is 18.4. The first-order chi connectivity index (χ1) is 12.0. The van der Waals surface area contributed by atoms with E-state index in [4.69, 9.17) is 16.3 Å². The standard InChI is InChI=1S/C17H16ClN3O4/c1-11(16(23)21-13-5-3-2-4-6-13)25-15(22)10-20-17(24)14-9-12(18)7-8-19-14/h2-9,11H,10H2,1H3,(H,20,24)(H,21,23)/t11-/m0/s1. The van der Waals surface area contributed by atoms with E-state index in [9.17, 15) is 14.4 Å². The number of ether oxygens (including phenoxy) is 1. The summed E-state index contributed by atoms with van der Waals surface area (Å²) in [6.45, 7) is 1.05. The van der Waals surface area contributed by atoms with E-state index in [1.54, 1.807) is 24.3 Å². The minimum absolute atomic E-state index is 0.0789. The van der Waals surface area contributed by atoms with Crippen LogP contribution in [0.5, 0.6) is 0 Å². The van der Waals surface area contributed by atoms with Gasteiger partial charge in [-0.1, -0.05) is 29.8 Å². The van der Waals surface area contributed by atoms with Crippen molar-refractivity contribution in [1.29, 1.82) is 0 Å². The second-order valence-corrected chi connectivity index (χ2v) is 5.47. The molecular formula is C17H16ClN3O4. The summed E-state index contributed by atoms with van der Waals surface area (Å²) in [4.78, 5) is 39.4. The van der Waals surface area contributed by atoms with E-state index in [2.05, 4.69) is 15.6 Å². The Morgan fingerprint density at radius 3 is 2.60 bits per heavy atom. The molecule has 25 heavy (non-hydrogen) atoms. The van der Waals surface area contributed by atoms with E-state index < -0.39 is 30.4 Å². The van der Waals surface area contributed by atoms with E-state index in [0.717, 1.165) is 0 Å². The van der Waals surface area contributed by atoms with Crippen LogP contribution in [0.1, 0.15) is 17.4 Å². The van der Waals surface area contributed by atoms with Crippen LogP contribution in [0.2, 0.25) is 5.02 Å². The Bertz CT molecular complexity index is 767. The monoisotopic (exact) mass is 361 g/mol. The molecule has 2 N–H and O–H groups in total. The van der Waals surface area contributed by atoms with Crippen molar-refractivity contribution < 1.29 is 19.1 Å². The second-order valence-electron chi connectivity index (χ2n) is 5.03. The molecule has 0 unspecified atom stereocenters. The SMILES string of the molecule is C[C@H](OC(=O)CNC(=O)c1cc(Cl)ccn1)C(=O)Nc1ccccc1. The molecule has 130 valence electrons. The summed E-state index contributed by atoms with van der Waals surface area (Å²) >= 11 is 5.77.